The molecule has 0 aromatic carbocycles. The van der Waals surface area contributed by atoms with Gasteiger partial charge in [0, 0.05) is 15.4 Å². The number of hydrogen-bond donors (Lipinski definition) is 0. The molecule has 0 aromatic heterocycles. The molecule has 3 heteroatoms. The van der Waals surface area contributed by atoms with Gasteiger partial charge in [-0.1, -0.05) is 32.7 Å². The molecule has 0 saturated heterocycles. The van der Waals surface area contributed by atoms with Crippen LogP contribution in [-0.4, -0.2) is 23.5 Å². The number of rotatable bonds is 3. The fourth-order valence-electron chi connectivity index (χ4n) is 1.10. The van der Waals surface area contributed by atoms with E-state index in [2.05, 4.69) is 38.4 Å². The zero-order valence-electron chi connectivity index (χ0n) is 7.99. The normalized spacial score (nSPS) is 13.8. The summed E-state index contributed by atoms with van der Waals surface area (Å²) in [6.45, 7) is 11.5. The van der Waals surface area contributed by atoms with E-state index in [1.807, 2.05) is 7.11 Å². The highest BCUT2D eigenvalue weighted by atomic mass is 28.4. The topological polar surface area (TPSA) is 9.23 Å². The highest BCUT2D eigenvalue weighted by molar-refractivity contribution is 6.97. The first-order valence-corrected chi connectivity index (χ1v) is 10.3. The predicted octanol–water partition coefficient (Wildman–Crippen LogP) is 2.46. The van der Waals surface area contributed by atoms with E-state index in [0.717, 1.165) is 0 Å². The lowest BCUT2D eigenvalue weighted by molar-refractivity contribution is 0.413. The summed E-state index contributed by atoms with van der Waals surface area (Å²) in [6.07, 6.45) is 0. The Bertz CT molecular complexity index is 105. The van der Waals surface area contributed by atoms with Crippen LogP contribution in [0.5, 0.6) is 0 Å². The Kier molecular flexibility index (Phi) is 3.32. The molecule has 0 aromatic rings. The maximum atomic E-state index is 5.43. The minimum atomic E-state index is -1.38. The molecule has 0 fully saturated rings. The van der Waals surface area contributed by atoms with E-state index in [1.165, 1.54) is 0 Å². The second kappa shape index (κ2) is 3.19. The first kappa shape index (κ1) is 10.4. The van der Waals surface area contributed by atoms with E-state index in [1.54, 1.807) is 0 Å². The summed E-state index contributed by atoms with van der Waals surface area (Å²) in [5.74, 6) is 0. The summed E-state index contributed by atoms with van der Waals surface area (Å²) in [7, 11) is -0.556. The van der Waals surface area contributed by atoms with Crippen molar-refractivity contribution < 1.29 is 4.43 Å². The Morgan fingerprint density at radius 2 is 1.40 bits per heavy atom. The SMILES string of the molecule is CO[Si](C)(C)[CH-][Si](C)(C)C. The average Bonchev–Trinajstić information content (AvgIpc) is 1.60. The molecule has 10 heavy (non-hydrogen) atoms. The predicted molar refractivity (Wildman–Crippen MR) is 52.1 cm³/mol. The Hall–Kier alpha value is 0.394. The van der Waals surface area contributed by atoms with Gasteiger partial charge in [0.2, 0.25) is 0 Å². The second-order valence-electron chi connectivity index (χ2n) is 4.32. The molecular formula is C7H19OSi2-. The summed E-state index contributed by atoms with van der Waals surface area (Å²) in [4.78, 5) is 0. The van der Waals surface area contributed by atoms with Crippen LogP contribution in [0.4, 0.5) is 0 Å². The van der Waals surface area contributed by atoms with Crippen LogP contribution >= 0.6 is 0 Å². The van der Waals surface area contributed by atoms with Crippen LogP contribution in [0.15, 0.2) is 0 Å². The Balaban J connectivity index is 3.89. The molecule has 0 bridgehead atoms. The molecular weight excluding hydrogens is 156 g/mol. The summed E-state index contributed by atoms with van der Waals surface area (Å²) in [5, 5.41) is 0. The first-order valence-electron chi connectivity index (χ1n) is 3.69. The van der Waals surface area contributed by atoms with Crippen LogP contribution in [0.25, 0.3) is 0 Å². The highest BCUT2D eigenvalue weighted by Crippen LogP contribution is 2.16. The molecule has 0 aliphatic carbocycles. The molecule has 0 rings (SSSR count). The lowest BCUT2D eigenvalue weighted by Crippen LogP contribution is -2.41. The zero-order valence-corrected chi connectivity index (χ0v) is 9.99. The summed E-state index contributed by atoms with van der Waals surface area (Å²) in [6, 6.07) is 0. The lowest BCUT2D eigenvalue weighted by atomic mass is 11.7. The van der Waals surface area contributed by atoms with Gasteiger partial charge in [0.25, 0.3) is 0 Å². The van der Waals surface area contributed by atoms with Crippen LogP contribution in [0.2, 0.25) is 32.7 Å². The van der Waals surface area contributed by atoms with Gasteiger partial charge in [-0.3, -0.25) is 0 Å². The Morgan fingerprint density at radius 1 is 1.00 bits per heavy atom. The van der Waals surface area contributed by atoms with E-state index in [0.29, 0.717) is 0 Å². The molecule has 0 amide bonds. The van der Waals surface area contributed by atoms with Gasteiger partial charge in [-0.2, -0.15) is 0 Å². The van der Waals surface area contributed by atoms with Crippen molar-refractivity contribution >= 4 is 16.4 Å². The van der Waals surface area contributed by atoms with Crippen molar-refractivity contribution in [3.05, 3.63) is 5.67 Å². The van der Waals surface area contributed by atoms with Crippen molar-refractivity contribution in [2.45, 2.75) is 32.7 Å². The fraction of sp³-hybridized carbons (Fsp3) is 0.857. The van der Waals surface area contributed by atoms with Gasteiger partial charge in [0.05, 0.1) is 0 Å². The van der Waals surface area contributed by atoms with Crippen LogP contribution in [0, 0.1) is 5.67 Å². The minimum Gasteiger partial charge on any atom is -0.452 e. The first-order chi connectivity index (χ1) is 4.27. The molecule has 0 aliphatic rings. The molecule has 0 N–H and O–H groups in total. The van der Waals surface area contributed by atoms with Gasteiger partial charge < -0.3 is 10.1 Å². The van der Waals surface area contributed by atoms with Crippen LogP contribution in [0.3, 0.4) is 0 Å². The van der Waals surface area contributed by atoms with E-state index in [4.69, 9.17) is 4.43 Å². The summed E-state index contributed by atoms with van der Waals surface area (Å²) < 4.78 is 5.43. The lowest BCUT2D eigenvalue weighted by Gasteiger charge is -2.39. The molecule has 1 nitrogen and oxygen atoms in total. The second-order valence-corrected chi connectivity index (χ2v) is 13.8. The molecule has 0 heterocycles. The molecule has 0 saturated carbocycles. The summed E-state index contributed by atoms with van der Waals surface area (Å²) >= 11 is 0. The quantitative estimate of drug-likeness (QED) is 0.473. The van der Waals surface area contributed by atoms with Crippen molar-refractivity contribution in [1.82, 2.24) is 0 Å². The zero-order chi connectivity index (χ0) is 8.41. The van der Waals surface area contributed by atoms with Crippen molar-refractivity contribution in [1.29, 1.82) is 0 Å². The maximum Gasteiger partial charge on any atom is 0.0362 e. The Labute approximate surface area is 66.9 Å². The van der Waals surface area contributed by atoms with Crippen molar-refractivity contribution in [3.8, 4) is 0 Å². The standard InChI is InChI=1S/C7H19OSi2/c1-8-10(5,6)7-9(2,3)4/h7H,1-6H3/q-1. The van der Waals surface area contributed by atoms with Crippen molar-refractivity contribution in [2.24, 2.45) is 0 Å². The molecule has 0 radical (unpaired) electrons. The van der Waals surface area contributed by atoms with Gasteiger partial charge in [0.15, 0.2) is 0 Å². The van der Waals surface area contributed by atoms with E-state index in [-0.39, 0.29) is 0 Å². The van der Waals surface area contributed by atoms with E-state index < -0.39 is 16.4 Å². The van der Waals surface area contributed by atoms with E-state index >= 15 is 0 Å². The third-order valence-corrected chi connectivity index (χ3v) is 8.60. The molecule has 0 spiro atoms. The van der Waals surface area contributed by atoms with Gasteiger partial charge in [-0.25, -0.2) is 0 Å². The van der Waals surface area contributed by atoms with Crippen molar-refractivity contribution in [3.63, 3.8) is 0 Å². The minimum absolute atomic E-state index is 1.00. The summed E-state index contributed by atoms with van der Waals surface area (Å²) in [5.41, 5.74) is 2.49. The smallest absolute Gasteiger partial charge is 0.0362 e. The molecule has 0 atom stereocenters. The molecule has 62 valence electrons. The third-order valence-electron chi connectivity index (χ3n) is 1.31. The number of hydrogen-bond acceptors (Lipinski definition) is 1. The van der Waals surface area contributed by atoms with Gasteiger partial charge in [-0.15, -0.1) is 8.07 Å². The van der Waals surface area contributed by atoms with E-state index in [9.17, 15) is 0 Å². The maximum absolute atomic E-state index is 5.43. The molecule has 0 unspecified atom stereocenters. The van der Waals surface area contributed by atoms with Gasteiger partial charge in [-0.05, 0) is 0 Å². The van der Waals surface area contributed by atoms with Gasteiger partial charge >= 0.3 is 0 Å². The monoisotopic (exact) mass is 175 g/mol. The van der Waals surface area contributed by atoms with Crippen LogP contribution in [-0.2, 0) is 4.43 Å². The fourth-order valence-corrected chi connectivity index (χ4v) is 9.92. The van der Waals surface area contributed by atoms with Crippen LogP contribution < -0.4 is 0 Å². The van der Waals surface area contributed by atoms with Crippen LogP contribution in [0.1, 0.15) is 0 Å². The van der Waals surface area contributed by atoms with Crippen molar-refractivity contribution in [2.75, 3.05) is 7.11 Å². The molecule has 0 aliphatic heterocycles. The van der Waals surface area contributed by atoms with Gasteiger partial charge in [0.1, 0.15) is 0 Å². The average molecular weight is 175 g/mol. The third kappa shape index (κ3) is 5.20. The highest BCUT2D eigenvalue weighted by Gasteiger charge is 2.15. The Morgan fingerprint density at radius 3 is 1.50 bits per heavy atom. The largest absolute Gasteiger partial charge is 0.452 e.